The molecule has 8 rings (SSSR count). The van der Waals surface area contributed by atoms with E-state index in [1.54, 1.807) is 48.5 Å². The summed E-state index contributed by atoms with van der Waals surface area (Å²) in [6.07, 6.45) is 0. The second kappa shape index (κ2) is 9.22. The molecule has 0 amide bonds. The molecule has 0 N–H and O–H groups in total. The minimum absolute atomic E-state index is 0.00988. The van der Waals surface area contributed by atoms with Gasteiger partial charge in [-0.15, -0.1) is 0 Å². The molecule has 0 aromatic heterocycles. The third-order valence-electron chi connectivity index (χ3n) is 7.03. The summed E-state index contributed by atoms with van der Waals surface area (Å²) in [5.41, 5.74) is 0.267. The average Bonchev–Trinajstić information content (AvgIpc) is 3.20. The summed E-state index contributed by atoms with van der Waals surface area (Å²) in [5.74, 6) is 0. The van der Waals surface area contributed by atoms with E-state index in [2.05, 4.69) is 0 Å². The van der Waals surface area contributed by atoms with Gasteiger partial charge in [0.2, 0.25) is 0 Å². The molecule has 0 unspecified atom stereocenters. The van der Waals surface area contributed by atoms with Gasteiger partial charge in [-0.25, -0.2) is 0 Å². The quantitative estimate of drug-likeness (QED) is 0.202. The minimum Gasteiger partial charge on any atom is -0.0616 e. The Kier molecular flexibility index (Phi) is 2.65. The normalized spacial score (nSPS) is 17.4. The topological polar surface area (TPSA) is 0 Å². The molecule has 0 heteroatoms. The number of benzene rings is 8. The first kappa shape index (κ1) is 11.5. The SMILES string of the molecule is [2H]c1c(-c2c3ccccc3c(-c3c([2H])c([2H])c([2H])c4c([2H])c([2H])c([2H])c([2H])c34)c3ccccc23)cc(-c2c([2H])c([2H])c([2H])c3c([2H])c([2H])c([2H])c([2H])c23)c([2H])c1[2H]. The lowest BCUT2D eigenvalue weighted by molar-refractivity contribution is 1.63. The van der Waals surface area contributed by atoms with E-state index in [1.807, 2.05) is 0 Å². The molecule has 0 saturated carbocycles. The summed E-state index contributed by atoms with van der Waals surface area (Å²) in [7, 11) is 0. The Morgan fingerprint density at radius 3 is 1.43 bits per heavy atom. The first-order valence-electron chi connectivity index (χ1n) is 21.0. The summed E-state index contributed by atoms with van der Waals surface area (Å²) in [6.45, 7) is 0. The van der Waals surface area contributed by atoms with Gasteiger partial charge < -0.3 is 0 Å². The minimum atomic E-state index is -0.659. The van der Waals surface area contributed by atoms with Gasteiger partial charge in [0.15, 0.2) is 0 Å². The molecule has 0 radical (unpaired) electrons. The Labute approximate surface area is 257 Å². The van der Waals surface area contributed by atoms with Crippen LogP contribution in [-0.2, 0) is 0 Å². The van der Waals surface area contributed by atoms with Gasteiger partial charge in [-0.1, -0.05) is 151 Å². The largest absolute Gasteiger partial charge is 0.0629 e. The second-order valence-electron chi connectivity index (χ2n) is 9.19. The molecule has 0 saturated heterocycles. The Balaban J connectivity index is 1.57. The highest BCUT2D eigenvalue weighted by molar-refractivity contribution is 6.23. The summed E-state index contributed by atoms with van der Waals surface area (Å²) < 4.78 is 148. The van der Waals surface area contributed by atoms with Crippen molar-refractivity contribution in [3.63, 3.8) is 0 Å². The van der Waals surface area contributed by atoms with Crippen molar-refractivity contribution < 1.29 is 23.3 Å². The lowest BCUT2D eigenvalue weighted by Crippen LogP contribution is -1.92. The Bertz CT molecular complexity index is 3080. The molecule has 0 atom stereocenters. The van der Waals surface area contributed by atoms with Gasteiger partial charge in [0.25, 0.3) is 0 Å². The van der Waals surface area contributed by atoms with Crippen LogP contribution in [0.15, 0.2) is 157 Å². The monoisotopic (exact) mass is 523 g/mol. The predicted molar refractivity (Wildman–Crippen MR) is 173 cm³/mol. The standard InChI is InChI=1S/C40H26/c1-3-18-31-27(12-1)14-10-24-33(31)29-16-9-17-30(26-29)39-35-20-5-7-22-37(35)40(38-23-8-6-21-36(38)39)34-25-11-15-28-13-2-4-19-32(28)34/h1-26H/i1D,2D,3D,4D,9D,10D,11D,12D,13D,14D,15D,16D,17D,18D,19D,24D,25D. The molecule has 0 aliphatic heterocycles. The van der Waals surface area contributed by atoms with E-state index in [9.17, 15) is 1.37 Å². The predicted octanol–water partition coefficient (Wildman–Crippen LogP) is 11.3. The van der Waals surface area contributed by atoms with Crippen molar-refractivity contribution in [1.29, 1.82) is 0 Å². The van der Waals surface area contributed by atoms with Crippen LogP contribution >= 0.6 is 0 Å². The van der Waals surface area contributed by atoms with Crippen LogP contribution in [-0.4, -0.2) is 0 Å². The van der Waals surface area contributed by atoms with E-state index in [1.165, 1.54) is 6.07 Å². The average molecular weight is 524 g/mol. The summed E-state index contributed by atoms with van der Waals surface area (Å²) in [5, 5.41) is 0.744. The molecule has 0 nitrogen and oxygen atoms in total. The van der Waals surface area contributed by atoms with Gasteiger partial charge in [0.05, 0.1) is 23.3 Å². The molecule has 0 bridgehead atoms. The van der Waals surface area contributed by atoms with E-state index < -0.39 is 103 Å². The van der Waals surface area contributed by atoms with Crippen LogP contribution in [0.2, 0.25) is 0 Å². The molecular formula is C40H26. The van der Waals surface area contributed by atoms with Crippen molar-refractivity contribution in [2.75, 3.05) is 0 Å². The lowest BCUT2D eigenvalue weighted by Gasteiger charge is -2.19. The summed E-state index contributed by atoms with van der Waals surface area (Å²) in [4.78, 5) is 0. The van der Waals surface area contributed by atoms with E-state index >= 15 is 0 Å². The Morgan fingerprint density at radius 1 is 0.350 bits per heavy atom. The van der Waals surface area contributed by atoms with Gasteiger partial charge in [0.1, 0.15) is 0 Å². The van der Waals surface area contributed by atoms with Crippen LogP contribution in [0.25, 0.3) is 76.5 Å². The van der Waals surface area contributed by atoms with Crippen molar-refractivity contribution in [3.05, 3.63) is 157 Å². The fourth-order valence-electron chi connectivity index (χ4n) is 5.35. The number of fused-ring (bicyclic) bond motifs is 4. The molecule has 0 fully saturated rings. The third-order valence-corrected chi connectivity index (χ3v) is 7.03. The number of rotatable bonds is 3. The molecular weight excluding hydrogens is 480 g/mol. The van der Waals surface area contributed by atoms with Gasteiger partial charge in [-0.05, 0) is 82.5 Å². The van der Waals surface area contributed by atoms with Crippen molar-refractivity contribution >= 4 is 43.1 Å². The fraction of sp³-hybridized carbons (Fsp3) is 0. The second-order valence-corrected chi connectivity index (χ2v) is 9.19. The Morgan fingerprint density at radius 2 is 0.800 bits per heavy atom. The molecule has 8 aromatic rings. The van der Waals surface area contributed by atoms with E-state index in [-0.39, 0.29) is 43.8 Å². The maximum absolute atomic E-state index is 9.22. The fourth-order valence-corrected chi connectivity index (χ4v) is 5.35. The van der Waals surface area contributed by atoms with Crippen LogP contribution in [0.5, 0.6) is 0 Å². The zero-order valence-corrected chi connectivity index (χ0v) is 20.7. The van der Waals surface area contributed by atoms with Crippen molar-refractivity contribution in [2.24, 2.45) is 0 Å². The zero-order chi connectivity index (χ0) is 41.3. The molecule has 186 valence electrons. The third kappa shape index (κ3) is 3.54. The van der Waals surface area contributed by atoms with E-state index in [4.69, 9.17) is 21.9 Å². The zero-order valence-electron chi connectivity index (χ0n) is 37.7. The maximum atomic E-state index is 9.22. The first-order valence-corrected chi connectivity index (χ1v) is 12.5. The number of hydrogen-bond donors (Lipinski definition) is 0. The van der Waals surface area contributed by atoms with Crippen LogP contribution in [0, 0.1) is 0 Å². The van der Waals surface area contributed by atoms with E-state index in [0.29, 0.717) is 32.7 Å². The Hall–Kier alpha value is -5.20. The molecule has 0 aliphatic rings. The van der Waals surface area contributed by atoms with Gasteiger partial charge in [-0.2, -0.15) is 0 Å². The van der Waals surface area contributed by atoms with Crippen LogP contribution < -0.4 is 0 Å². The van der Waals surface area contributed by atoms with E-state index in [0.717, 1.165) is 0 Å². The molecule has 0 aliphatic carbocycles. The van der Waals surface area contributed by atoms with Crippen molar-refractivity contribution in [1.82, 2.24) is 0 Å². The van der Waals surface area contributed by atoms with Gasteiger partial charge in [-0.3, -0.25) is 0 Å². The molecule has 8 aromatic carbocycles. The van der Waals surface area contributed by atoms with Gasteiger partial charge >= 0.3 is 0 Å². The van der Waals surface area contributed by atoms with Crippen LogP contribution in [0.4, 0.5) is 0 Å². The molecule has 40 heavy (non-hydrogen) atoms. The lowest BCUT2D eigenvalue weighted by atomic mass is 9.84. The molecule has 0 spiro atoms. The van der Waals surface area contributed by atoms with Crippen molar-refractivity contribution in [3.8, 4) is 33.4 Å². The highest BCUT2D eigenvalue weighted by Crippen LogP contribution is 2.45. The highest BCUT2D eigenvalue weighted by atomic mass is 14.2. The van der Waals surface area contributed by atoms with Gasteiger partial charge in [0, 0.05) is 0 Å². The van der Waals surface area contributed by atoms with Crippen molar-refractivity contribution in [2.45, 2.75) is 0 Å². The maximum Gasteiger partial charge on any atom is 0.0629 e. The molecule has 0 heterocycles. The number of hydrogen-bond acceptors (Lipinski definition) is 0. The smallest absolute Gasteiger partial charge is 0.0616 e. The summed E-state index contributed by atoms with van der Waals surface area (Å²) in [6, 6.07) is 5.35. The summed E-state index contributed by atoms with van der Waals surface area (Å²) >= 11 is 0. The first-order chi connectivity index (χ1) is 26.9. The van der Waals surface area contributed by atoms with Crippen LogP contribution in [0.3, 0.4) is 0 Å². The highest BCUT2D eigenvalue weighted by Gasteiger charge is 2.18. The van der Waals surface area contributed by atoms with Crippen LogP contribution in [0.1, 0.15) is 23.3 Å².